The quantitative estimate of drug-likeness (QED) is 0.373. The van der Waals surface area contributed by atoms with E-state index in [1.54, 1.807) is 0 Å². The van der Waals surface area contributed by atoms with Crippen molar-refractivity contribution >= 4 is 12.6 Å². The van der Waals surface area contributed by atoms with E-state index in [1.807, 2.05) is 12.2 Å². The fraction of sp³-hybridized carbons (Fsp3) is 0.556. The zero-order valence-corrected chi connectivity index (χ0v) is 9.06. The van der Waals surface area contributed by atoms with Crippen molar-refractivity contribution in [2.24, 2.45) is 5.92 Å². The first-order chi connectivity index (χ1) is 5.13. The van der Waals surface area contributed by atoms with Crippen molar-refractivity contribution < 1.29 is 18.9 Å². The smallest absolute Gasteiger partial charge is 0.783 e. The van der Waals surface area contributed by atoms with Crippen LogP contribution in [0.1, 0.15) is 6.92 Å². The molecule has 0 saturated carbocycles. The Morgan fingerprint density at radius 1 is 1.50 bits per heavy atom. The molecule has 1 rings (SSSR count). The van der Waals surface area contributed by atoms with Crippen molar-refractivity contribution in [2.75, 3.05) is 14.1 Å². The van der Waals surface area contributed by atoms with Gasteiger partial charge in [0, 0.05) is 6.04 Å². The van der Waals surface area contributed by atoms with E-state index < -0.39 is 0 Å². The van der Waals surface area contributed by atoms with Gasteiger partial charge in [0.15, 0.2) is 0 Å². The van der Waals surface area contributed by atoms with Crippen LogP contribution >= 0.6 is 0 Å². The largest absolute Gasteiger partial charge is 1.00 e. The van der Waals surface area contributed by atoms with Gasteiger partial charge in [-0.25, -0.2) is 0 Å². The number of nitrogens with zero attached hydrogens (tertiary/aromatic N) is 1. The molecule has 0 heterocycles. The van der Waals surface area contributed by atoms with Crippen LogP contribution in [-0.2, 0) is 12.6 Å². The second-order valence-electron chi connectivity index (χ2n) is 3.18. The minimum atomic E-state index is 0. The summed E-state index contributed by atoms with van der Waals surface area (Å²) in [5.41, 5.74) is 0. The Hall–Kier alpha value is 0.257. The molecular formula is C9H14LiNS. The van der Waals surface area contributed by atoms with Gasteiger partial charge in [0.2, 0.25) is 0 Å². The fourth-order valence-corrected chi connectivity index (χ4v) is 1.55. The molecule has 0 aromatic carbocycles. The Labute approximate surface area is 92.5 Å². The third-order valence-corrected chi connectivity index (χ3v) is 2.65. The number of hydrogen-bond acceptors (Lipinski definition) is 2. The standard InChI is InChI=1S/C9H15NS.Li/c1-7(10(2)3)8-5-4-6-9(8)11;/h4-8,11H,1-3H3;/q;+1/p-1/t7-,8?;/m0./s1. The molecule has 0 aliphatic heterocycles. The van der Waals surface area contributed by atoms with Gasteiger partial charge in [-0.3, -0.25) is 0 Å². The summed E-state index contributed by atoms with van der Waals surface area (Å²) in [6.45, 7) is 2.19. The Morgan fingerprint density at radius 2 is 2.08 bits per heavy atom. The van der Waals surface area contributed by atoms with Crippen molar-refractivity contribution in [1.82, 2.24) is 4.90 Å². The summed E-state index contributed by atoms with van der Waals surface area (Å²) in [4.78, 5) is 3.26. The normalized spacial score (nSPS) is 23.7. The molecule has 0 fully saturated rings. The molecule has 0 amide bonds. The molecule has 0 saturated heterocycles. The number of allylic oxidation sites excluding steroid dienone is 2. The van der Waals surface area contributed by atoms with Gasteiger partial charge in [0.1, 0.15) is 0 Å². The van der Waals surface area contributed by atoms with E-state index in [-0.39, 0.29) is 18.9 Å². The van der Waals surface area contributed by atoms with Crippen molar-refractivity contribution in [3.8, 4) is 0 Å². The van der Waals surface area contributed by atoms with Crippen LogP contribution in [0.3, 0.4) is 0 Å². The van der Waals surface area contributed by atoms with Crippen molar-refractivity contribution in [1.29, 1.82) is 0 Å². The predicted octanol–water partition coefficient (Wildman–Crippen LogP) is -1.44. The van der Waals surface area contributed by atoms with Gasteiger partial charge in [-0.2, -0.15) is 4.91 Å². The van der Waals surface area contributed by atoms with E-state index in [2.05, 4.69) is 32.0 Å². The van der Waals surface area contributed by atoms with E-state index in [1.165, 1.54) is 0 Å². The van der Waals surface area contributed by atoms with Gasteiger partial charge in [-0.05, 0) is 26.9 Å². The summed E-state index contributed by atoms with van der Waals surface area (Å²) in [6, 6.07) is 0.512. The molecule has 1 aliphatic carbocycles. The summed E-state index contributed by atoms with van der Waals surface area (Å²) >= 11 is 5.19. The van der Waals surface area contributed by atoms with Gasteiger partial charge >= 0.3 is 18.9 Å². The molecule has 1 aliphatic rings. The van der Waals surface area contributed by atoms with Gasteiger partial charge in [-0.1, -0.05) is 18.2 Å². The number of hydrogen-bond donors (Lipinski definition) is 0. The van der Waals surface area contributed by atoms with E-state index >= 15 is 0 Å². The average Bonchev–Trinajstić information content (AvgIpc) is 2.33. The molecule has 0 radical (unpaired) electrons. The molecule has 0 N–H and O–H groups in total. The maximum atomic E-state index is 5.19. The Bertz CT molecular complexity index is 199. The van der Waals surface area contributed by atoms with Gasteiger partial charge in [0.05, 0.1) is 0 Å². The van der Waals surface area contributed by atoms with Crippen LogP contribution in [0.5, 0.6) is 0 Å². The Kier molecular flexibility index (Phi) is 5.20. The first-order valence-corrected chi connectivity index (χ1v) is 4.25. The van der Waals surface area contributed by atoms with Crippen LogP contribution in [0.15, 0.2) is 23.1 Å². The molecule has 0 aromatic heterocycles. The number of rotatable bonds is 2. The maximum Gasteiger partial charge on any atom is 1.00 e. The third kappa shape index (κ3) is 2.64. The zero-order chi connectivity index (χ0) is 8.43. The zero-order valence-electron chi connectivity index (χ0n) is 8.24. The SMILES string of the molecule is C[C@@H](C1C=CC=C1[S-])N(C)C.[Li+]. The van der Waals surface area contributed by atoms with Crippen LogP contribution in [0.2, 0.25) is 0 Å². The molecular weight excluding hydrogens is 161 g/mol. The van der Waals surface area contributed by atoms with Gasteiger partial charge in [-0.15, -0.1) is 0 Å². The van der Waals surface area contributed by atoms with E-state index in [0.29, 0.717) is 12.0 Å². The minimum absolute atomic E-state index is 0. The van der Waals surface area contributed by atoms with Crippen LogP contribution in [0.4, 0.5) is 0 Å². The molecule has 1 unspecified atom stereocenters. The minimum Gasteiger partial charge on any atom is -0.783 e. The monoisotopic (exact) mass is 175 g/mol. The molecule has 0 aromatic rings. The van der Waals surface area contributed by atoms with Crippen LogP contribution in [0.25, 0.3) is 0 Å². The van der Waals surface area contributed by atoms with Crippen LogP contribution in [0, 0.1) is 5.92 Å². The molecule has 3 heteroatoms. The summed E-state index contributed by atoms with van der Waals surface area (Å²) < 4.78 is 0. The average molecular weight is 175 g/mol. The first kappa shape index (κ1) is 12.3. The Morgan fingerprint density at radius 3 is 2.42 bits per heavy atom. The molecule has 0 spiro atoms. The van der Waals surface area contributed by atoms with Gasteiger partial charge in [0.25, 0.3) is 0 Å². The van der Waals surface area contributed by atoms with E-state index in [4.69, 9.17) is 12.6 Å². The van der Waals surface area contributed by atoms with Crippen molar-refractivity contribution in [3.63, 3.8) is 0 Å². The van der Waals surface area contributed by atoms with E-state index in [9.17, 15) is 0 Å². The molecule has 2 atom stereocenters. The summed E-state index contributed by atoms with van der Waals surface area (Å²) in [5.74, 6) is 0.444. The second kappa shape index (κ2) is 5.09. The summed E-state index contributed by atoms with van der Waals surface area (Å²) in [5, 5.41) is 0. The summed E-state index contributed by atoms with van der Waals surface area (Å²) in [6.07, 6.45) is 6.24. The van der Waals surface area contributed by atoms with E-state index in [0.717, 1.165) is 4.91 Å². The maximum absolute atomic E-state index is 5.19. The molecule has 12 heavy (non-hydrogen) atoms. The summed E-state index contributed by atoms with van der Waals surface area (Å²) in [7, 11) is 4.17. The van der Waals surface area contributed by atoms with Crippen LogP contribution < -0.4 is 18.9 Å². The van der Waals surface area contributed by atoms with Crippen molar-refractivity contribution in [3.05, 3.63) is 23.1 Å². The molecule has 0 bridgehead atoms. The Balaban J connectivity index is 0.00000121. The first-order valence-electron chi connectivity index (χ1n) is 3.84. The fourth-order valence-electron chi connectivity index (χ4n) is 1.20. The third-order valence-electron chi connectivity index (χ3n) is 2.24. The van der Waals surface area contributed by atoms with Crippen LogP contribution in [-0.4, -0.2) is 25.0 Å². The van der Waals surface area contributed by atoms with Gasteiger partial charge < -0.3 is 17.5 Å². The topological polar surface area (TPSA) is 3.24 Å². The predicted molar refractivity (Wildman–Crippen MR) is 51.2 cm³/mol. The second-order valence-corrected chi connectivity index (χ2v) is 3.66. The molecule has 62 valence electrons. The molecule has 1 nitrogen and oxygen atoms in total. The van der Waals surface area contributed by atoms with Crippen molar-refractivity contribution in [2.45, 2.75) is 13.0 Å².